The fourth-order valence-corrected chi connectivity index (χ4v) is 0.490. The molecule has 5 heteroatoms. The van der Waals surface area contributed by atoms with E-state index < -0.39 is 6.03 Å². The van der Waals surface area contributed by atoms with Crippen LogP contribution in [0.15, 0.2) is 12.0 Å². The van der Waals surface area contributed by atoms with Crippen LogP contribution in [0.2, 0.25) is 0 Å². The molecule has 0 aromatic carbocycles. The Hall–Kier alpha value is -1.23. The van der Waals surface area contributed by atoms with E-state index in [0.717, 1.165) is 6.20 Å². The summed E-state index contributed by atoms with van der Waals surface area (Å²) < 4.78 is 0. The lowest BCUT2D eigenvalue weighted by Crippen LogP contribution is -2.40. The molecule has 1 rings (SSSR count). The van der Waals surface area contributed by atoms with Crippen molar-refractivity contribution in [1.82, 2.24) is 10.4 Å². The summed E-state index contributed by atoms with van der Waals surface area (Å²) in [4.78, 5) is 10.3. The predicted molar refractivity (Wildman–Crippen MR) is 27.7 cm³/mol. The zero-order chi connectivity index (χ0) is 6.85. The molecule has 2 amide bonds. The Morgan fingerprint density at radius 1 is 1.78 bits per heavy atom. The van der Waals surface area contributed by atoms with Gasteiger partial charge in [-0.15, -0.1) is 0 Å². The number of aliphatic hydroxyl groups is 1. The van der Waals surface area contributed by atoms with Crippen molar-refractivity contribution in [2.45, 2.75) is 0 Å². The molecule has 0 aliphatic carbocycles. The Kier molecular flexibility index (Phi) is 1.27. The maximum absolute atomic E-state index is 10.3. The van der Waals surface area contributed by atoms with Crippen LogP contribution < -0.4 is 5.32 Å². The van der Waals surface area contributed by atoms with Crippen molar-refractivity contribution in [1.29, 1.82) is 0 Å². The molecule has 1 aliphatic heterocycles. The summed E-state index contributed by atoms with van der Waals surface area (Å²) in [7, 11) is 0. The van der Waals surface area contributed by atoms with Gasteiger partial charge in [-0.05, 0) is 0 Å². The van der Waals surface area contributed by atoms with Crippen molar-refractivity contribution in [2.75, 3.05) is 6.54 Å². The van der Waals surface area contributed by atoms with E-state index in [1.807, 2.05) is 0 Å². The number of hydroxylamine groups is 2. The van der Waals surface area contributed by atoms with Crippen molar-refractivity contribution < 1.29 is 15.1 Å². The number of carbonyl (C=O) groups excluding carboxylic acids is 1. The van der Waals surface area contributed by atoms with E-state index in [4.69, 9.17) is 10.3 Å². The minimum absolute atomic E-state index is 0.0721. The van der Waals surface area contributed by atoms with E-state index in [1.165, 1.54) is 0 Å². The van der Waals surface area contributed by atoms with Gasteiger partial charge in [0.25, 0.3) is 0 Å². The van der Waals surface area contributed by atoms with Gasteiger partial charge in [0.15, 0.2) is 0 Å². The quantitative estimate of drug-likeness (QED) is 0.397. The minimum atomic E-state index is -0.632. The number of carbonyl (C=O) groups is 1. The van der Waals surface area contributed by atoms with Crippen LogP contribution in [0.4, 0.5) is 4.79 Å². The van der Waals surface area contributed by atoms with Gasteiger partial charge in [0.1, 0.15) is 12.3 Å². The molecular weight excluding hydrogens is 124 g/mol. The summed E-state index contributed by atoms with van der Waals surface area (Å²) >= 11 is 0. The fraction of sp³-hybridized carbons (Fsp3) is 0.250. The molecule has 0 spiro atoms. The van der Waals surface area contributed by atoms with Gasteiger partial charge in [-0.2, -0.15) is 5.06 Å². The molecule has 0 saturated heterocycles. The van der Waals surface area contributed by atoms with Crippen molar-refractivity contribution in [2.24, 2.45) is 0 Å². The average molecular weight is 130 g/mol. The Bertz CT molecular complexity index is 165. The van der Waals surface area contributed by atoms with Crippen LogP contribution in [0.1, 0.15) is 0 Å². The monoisotopic (exact) mass is 130 g/mol. The molecule has 0 atom stereocenters. The van der Waals surface area contributed by atoms with Crippen LogP contribution in [0.5, 0.6) is 0 Å². The van der Waals surface area contributed by atoms with Crippen molar-refractivity contribution >= 4 is 6.03 Å². The molecule has 5 nitrogen and oxygen atoms in total. The summed E-state index contributed by atoms with van der Waals surface area (Å²) in [6.07, 6.45) is 1.13. The van der Waals surface area contributed by atoms with Crippen molar-refractivity contribution in [3.8, 4) is 0 Å². The second-order valence-corrected chi connectivity index (χ2v) is 1.64. The van der Waals surface area contributed by atoms with Gasteiger partial charge in [0, 0.05) is 6.20 Å². The van der Waals surface area contributed by atoms with Gasteiger partial charge in [-0.25, -0.2) is 4.79 Å². The summed E-state index contributed by atoms with van der Waals surface area (Å²) in [6.45, 7) is -0.147. The summed E-state index contributed by atoms with van der Waals surface area (Å²) in [6, 6.07) is -0.632. The molecule has 1 aliphatic rings. The van der Waals surface area contributed by atoms with Crippen molar-refractivity contribution in [3.05, 3.63) is 12.0 Å². The Balaban J connectivity index is 2.65. The third-order valence-corrected chi connectivity index (χ3v) is 0.908. The van der Waals surface area contributed by atoms with Gasteiger partial charge in [0.05, 0.1) is 0 Å². The van der Waals surface area contributed by atoms with E-state index in [9.17, 15) is 4.79 Å². The average Bonchev–Trinajstić information content (AvgIpc) is 1.80. The molecule has 0 bridgehead atoms. The topological polar surface area (TPSA) is 72.8 Å². The largest absolute Gasteiger partial charge is 0.509 e. The number of rotatable bonds is 0. The highest BCUT2D eigenvalue weighted by Crippen LogP contribution is 1.96. The summed E-state index contributed by atoms with van der Waals surface area (Å²) in [5, 5.41) is 19.7. The zero-order valence-electron chi connectivity index (χ0n) is 4.53. The molecule has 9 heavy (non-hydrogen) atoms. The second-order valence-electron chi connectivity index (χ2n) is 1.64. The van der Waals surface area contributed by atoms with Crippen LogP contribution >= 0.6 is 0 Å². The molecule has 1 heterocycles. The maximum atomic E-state index is 10.3. The number of urea groups is 1. The smallest absolute Gasteiger partial charge is 0.345 e. The second kappa shape index (κ2) is 1.94. The third kappa shape index (κ3) is 1.11. The number of amides is 2. The number of nitrogens with zero attached hydrogens (tertiary/aromatic N) is 1. The zero-order valence-corrected chi connectivity index (χ0v) is 4.53. The van der Waals surface area contributed by atoms with Crippen LogP contribution in [0.3, 0.4) is 0 Å². The molecule has 0 unspecified atom stereocenters. The van der Waals surface area contributed by atoms with Gasteiger partial charge < -0.3 is 10.4 Å². The summed E-state index contributed by atoms with van der Waals surface area (Å²) in [5.41, 5.74) is 0. The molecular formula is C4H6N2O3. The van der Waals surface area contributed by atoms with Crippen LogP contribution in [0, 0.1) is 0 Å². The van der Waals surface area contributed by atoms with Crippen molar-refractivity contribution in [3.63, 3.8) is 0 Å². The first-order valence-corrected chi connectivity index (χ1v) is 2.35. The Morgan fingerprint density at radius 3 is 2.89 bits per heavy atom. The van der Waals surface area contributed by atoms with Crippen LogP contribution in [-0.4, -0.2) is 28.0 Å². The fourth-order valence-electron chi connectivity index (χ4n) is 0.490. The lowest BCUT2D eigenvalue weighted by molar-refractivity contribution is -0.0443. The Labute approximate surface area is 51.2 Å². The number of hydrogen-bond donors (Lipinski definition) is 3. The predicted octanol–water partition coefficient (Wildman–Crippen LogP) is -0.200. The highest BCUT2D eigenvalue weighted by molar-refractivity contribution is 5.75. The standard InChI is InChI=1S/C4H6N2O3/c7-3-1-5-4(8)6(9)2-3/h1,7,9H,2H2,(H,5,8). The normalized spacial score (nSPS) is 19.0. The lowest BCUT2D eigenvalue weighted by atomic mass is 10.5. The lowest BCUT2D eigenvalue weighted by Gasteiger charge is -2.17. The van der Waals surface area contributed by atoms with E-state index in [-0.39, 0.29) is 12.3 Å². The van der Waals surface area contributed by atoms with Crippen LogP contribution in [0.25, 0.3) is 0 Å². The number of hydrogen-bond acceptors (Lipinski definition) is 3. The molecule has 0 fully saturated rings. The molecule has 0 aromatic heterocycles. The maximum Gasteiger partial charge on any atom is 0.345 e. The number of aliphatic hydroxyl groups excluding tert-OH is 1. The molecule has 0 radical (unpaired) electrons. The first-order chi connectivity index (χ1) is 4.20. The van der Waals surface area contributed by atoms with E-state index >= 15 is 0 Å². The highest BCUT2D eigenvalue weighted by atomic mass is 16.5. The van der Waals surface area contributed by atoms with E-state index in [2.05, 4.69) is 5.32 Å². The first-order valence-electron chi connectivity index (χ1n) is 2.35. The highest BCUT2D eigenvalue weighted by Gasteiger charge is 2.15. The van der Waals surface area contributed by atoms with Gasteiger partial charge in [0.2, 0.25) is 0 Å². The first kappa shape index (κ1) is 5.90. The van der Waals surface area contributed by atoms with Gasteiger partial charge in [-0.3, -0.25) is 5.21 Å². The third-order valence-electron chi connectivity index (χ3n) is 0.908. The molecule has 0 aromatic rings. The SMILES string of the molecule is O=C1NC=C(O)CN1O. The molecule has 3 N–H and O–H groups in total. The molecule has 50 valence electrons. The number of nitrogens with one attached hydrogen (secondary N) is 1. The minimum Gasteiger partial charge on any atom is -0.509 e. The van der Waals surface area contributed by atoms with Gasteiger partial charge >= 0.3 is 6.03 Å². The van der Waals surface area contributed by atoms with E-state index in [0.29, 0.717) is 5.06 Å². The van der Waals surface area contributed by atoms with E-state index in [1.54, 1.807) is 0 Å². The molecule has 0 saturated carbocycles. The van der Waals surface area contributed by atoms with Crippen LogP contribution in [-0.2, 0) is 0 Å². The van der Waals surface area contributed by atoms with Gasteiger partial charge in [-0.1, -0.05) is 0 Å². The summed E-state index contributed by atoms with van der Waals surface area (Å²) in [5.74, 6) is -0.0721. The Morgan fingerprint density at radius 2 is 2.44 bits per heavy atom.